The second-order valence-corrected chi connectivity index (χ2v) is 12.3. The number of fused-ring (bicyclic) bond motifs is 5. The van der Waals surface area contributed by atoms with Gasteiger partial charge in [0.25, 0.3) is 0 Å². The van der Waals surface area contributed by atoms with Gasteiger partial charge in [0.15, 0.2) is 0 Å². The zero-order valence-corrected chi connectivity index (χ0v) is 19.6. The van der Waals surface area contributed by atoms with E-state index in [9.17, 15) is 9.59 Å². The second kappa shape index (κ2) is 6.79. The van der Waals surface area contributed by atoms with Gasteiger partial charge in [0.05, 0.1) is 0 Å². The normalized spacial score (nSPS) is 46.9. The van der Waals surface area contributed by atoms with Gasteiger partial charge in [-0.2, -0.15) is 0 Å². The number of carbonyl (C=O) groups is 2. The summed E-state index contributed by atoms with van der Waals surface area (Å²) in [6.07, 6.45) is 13.6. The highest BCUT2D eigenvalue weighted by atomic mass is 16.1. The average Bonchev–Trinajstić information content (AvgIpc) is 2.95. The van der Waals surface area contributed by atoms with E-state index in [-0.39, 0.29) is 16.2 Å². The highest BCUT2D eigenvalue weighted by molar-refractivity contribution is 5.85. The highest BCUT2D eigenvalue weighted by Gasteiger charge is 2.65. The molecule has 7 atom stereocenters. The average molecular weight is 399 g/mol. The molecule has 0 aromatic carbocycles. The SMILES string of the molecule is CC(CCC=O)[C@@H]1CC[C@]2(C)C3=CC[C@H]4C(C)(C)C(=O)CC[C@]4(C)[C@H]3CC[C@@]12C. The van der Waals surface area contributed by atoms with Crippen LogP contribution in [0.15, 0.2) is 11.6 Å². The monoisotopic (exact) mass is 398 g/mol. The van der Waals surface area contributed by atoms with Gasteiger partial charge >= 0.3 is 0 Å². The van der Waals surface area contributed by atoms with Crippen molar-refractivity contribution in [3.05, 3.63) is 11.6 Å². The second-order valence-electron chi connectivity index (χ2n) is 12.3. The molecular weight excluding hydrogens is 356 g/mol. The number of hydrogen-bond acceptors (Lipinski definition) is 2. The summed E-state index contributed by atoms with van der Waals surface area (Å²) >= 11 is 0. The van der Waals surface area contributed by atoms with Gasteiger partial charge in [0, 0.05) is 18.3 Å². The van der Waals surface area contributed by atoms with Crippen molar-refractivity contribution < 1.29 is 9.59 Å². The predicted octanol–water partition coefficient (Wildman–Crippen LogP) is 6.78. The molecule has 4 rings (SSSR count). The van der Waals surface area contributed by atoms with Crippen LogP contribution in [-0.4, -0.2) is 12.1 Å². The Labute approximate surface area is 178 Å². The zero-order valence-electron chi connectivity index (χ0n) is 19.6. The summed E-state index contributed by atoms with van der Waals surface area (Å²) in [4.78, 5) is 23.7. The molecule has 0 spiro atoms. The fourth-order valence-electron chi connectivity index (χ4n) is 9.00. The molecule has 0 bridgehead atoms. The third-order valence-corrected chi connectivity index (χ3v) is 11.1. The lowest BCUT2D eigenvalue weighted by Gasteiger charge is -2.63. The summed E-state index contributed by atoms with van der Waals surface area (Å²) in [5.74, 6) is 2.97. The fourth-order valence-corrected chi connectivity index (χ4v) is 9.00. The first-order valence-electron chi connectivity index (χ1n) is 12.2. The summed E-state index contributed by atoms with van der Waals surface area (Å²) in [7, 11) is 0. The highest BCUT2D eigenvalue weighted by Crippen LogP contribution is 2.73. The minimum atomic E-state index is -0.182. The first-order chi connectivity index (χ1) is 13.5. The molecule has 0 N–H and O–H groups in total. The summed E-state index contributed by atoms with van der Waals surface area (Å²) in [5, 5.41) is 0. The van der Waals surface area contributed by atoms with E-state index < -0.39 is 0 Å². The van der Waals surface area contributed by atoms with Crippen LogP contribution in [0, 0.1) is 45.3 Å². The van der Waals surface area contributed by atoms with Crippen LogP contribution in [0.2, 0.25) is 0 Å². The van der Waals surface area contributed by atoms with Crippen LogP contribution in [-0.2, 0) is 9.59 Å². The molecular formula is C27H42O2. The van der Waals surface area contributed by atoms with Crippen molar-refractivity contribution in [2.24, 2.45) is 45.3 Å². The Hall–Kier alpha value is -0.920. The summed E-state index contributed by atoms with van der Waals surface area (Å²) in [6.45, 7) is 14.5. The number of rotatable bonds is 4. The Kier molecular flexibility index (Phi) is 4.99. The minimum Gasteiger partial charge on any atom is -0.303 e. The Bertz CT molecular complexity index is 733. The molecule has 3 saturated carbocycles. The first-order valence-corrected chi connectivity index (χ1v) is 12.2. The van der Waals surface area contributed by atoms with Crippen molar-refractivity contribution in [2.45, 2.75) is 99.3 Å². The van der Waals surface area contributed by atoms with E-state index in [0.717, 1.165) is 37.9 Å². The third-order valence-electron chi connectivity index (χ3n) is 11.1. The number of ketones is 1. The van der Waals surface area contributed by atoms with Crippen molar-refractivity contribution in [3.8, 4) is 0 Å². The lowest BCUT2D eigenvalue weighted by atomic mass is 9.41. The van der Waals surface area contributed by atoms with Gasteiger partial charge in [-0.15, -0.1) is 0 Å². The van der Waals surface area contributed by atoms with Crippen molar-refractivity contribution >= 4 is 12.1 Å². The van der Waals surface area contributed by atoms with E-state index in [1.54, 1.807) is 5.57 Å². The smallest absolute Gasteiger partial charge is 0.138 e. The topological polar surface area (TPSA) is 34.1 Å². The minimum absolute atomic E-state index is 0.182. The van der Waals surface area contributed by atoms with Crippen LogP contribution < -0.4 is 0 Å². The Morgan fingerprint density at radius 1 is 1.10 bits per heavy atom. The molecule has 0 aromatic heterocycles. The first kappa shape index (κ1) is 21.3. The predicted molar refractivity (Wildman–Crippen MR) is 118 cm³/mol. The van der Waals surface area contributed by atoms with Crippen molar-refractivity contribution in [1.29, 1.82) is 0 Å². The molecule has 162 valence electrons. The molecule has 0 radical (unpaired) electrons. The lowest BCUT2D eigenvalue weighted by molar-refractivity contribution is -0.146. The van der Waals surface area contributed by atoms with Crippen LogP contribution in [0.5, 0.6) is 0 Å². The molecule has 0 aliphatic heterocycles. The largest absolute Gasteiger partial charge is 0.303 e. The van der Waals surface area contributed by atoms with Crippen LogP contribution >= 0.6 is 0 Å². The molecule has 2 nitrogen and oxygen atoms in total. The van der Waals surface area contributed by atoms with Gasteiger partial charge in [-0.05, 0) is 84.9 Å². The Morgan fingerprint density at radius 3 is 2.52 bits per heavy atom. The van der Waals surface area contributed by atoms with Gasteiger partial charge in [0.1, 0.15) is 12.1 Å². The van der Waals surface area contributed by atoms with E-state index >= 15 is 0 Å². The van der Waals surface area contributed by atoms with Crippen LogP contribution in [0.1, 0.15) is 99.3 Å². The maximum absolute atomic E-state index is 12.7. The molecule has 0 saturated heterocycles. The van der Waals surface area contributed by atoms with Gasteiger partial charge in [0.2, 0.25) is 0 Å². The van der Waals surface area contributed by atoms with E-state index in [2.05, 4.69) is 47.6 Å². The van der Waals surface area contributed by atoms with E-state index in [1.807, 2.05) is 0 Å². The zero-order chi connectivity index (χ0) is 21.2. The fraction of sp³-hybridized carbons (Fsp3) is 0.852. The molecule has 0 aromatic rings. The number of carbonyl (C=O) groups excluding carboxylic acids is 2. The molecule has 29 heavy (non-hydrogen) atoms. The van der Waals surface area contributed by atoms with E-state index in [0.29, 0.717) is 35.4 Å². The molecule has 0 amide bonds. The van der Waals surface area contributed by atoms with Gasteiger partial charge < -0.3 is 4.79 Å². The molecule has 0 heterocycles. The van der Waals surface area contributed by atoms with Crippen molar-refractivity contribution in [2.75, 3.05) is 0 Å². The summed E-state index contributed by atoms with van der Waals surface area (Å²) in [5.41, 5.74) is 2.47. The van der Waals surface area contributed by atoms with E-state index in [4.69, 9.17) is 0 Å². The van der Waals surface area contributed by atoms with Gasteiger partial charge in [-0.1, -0.05) is 53.2 Å². The lowest BCUT2D eigenvalue weighted by Crippen LogP contribution is -2.57. The summed E-state index contributed by atoms with van der Waals surface area (Å²) < 4.78 is 0. The molecule has 3 fully saturated rings. The van der Waals surface area contributed by atoms with Crippen molar-refractivity contribution in [1.82, 2.24) is 0 Å². The van der Waals surface area contributed by atoms with Gasteiger partial charge in [-0.3, -0.25) is 4.79 Å². The Morgan fingerprint density at radius 2 is 1.83 bits per heavy atom. The Balaban J connectivity index is 1.69. The van der Waals surface area contributed by atoms with Crippen molar-refractivity contribution in [3.63, 3.8) is 0 Å². The quantitative estimate of drug-likeness (QED) is 0.386. The number of Topliss-reactive ketones (excluding diaryl/α,β-unsaturated/α-hetero) is 1. The maximum Gasteiger partial charge on any atom is 0.138 e. The number of hydrogen-bond donors (Lipinski definition) is 0. The molecule has 2 heteroatoms. The van der Waals surface area contributed by atoms with Gasteiger partial charge in [-0.25, -0.2) is 0 Å². The summed E-state index contributed by atoms with van der Waals surface area (Å²) in [6, 6.07) is 0. The third kappa shape index (κ3) is 2.72. The maximum atomic E-state index is 12.7. The van der Waals surface area contributed by atoms with E-state index in [1.165, 1.54) is 25.7 Å². The molecule has 4 aliphatic rings. The standard InChI is InChI=1S/C27H42O2/c1-18(8-7-17-28)19-11-15-27(6)21-9-10-22-24(2,3)23(29)13-14-25(22,4)20(21)12-16-26(19,27)5/h9,17-20,22H,7-8,10-16H2,1-6H3/t18?,19-,20-,22-,25+,26-,27+/m0/s1. The number of aldehydes is 1. The molecule has 1 unspecified atom stereocenters. The number of allylic oxidation sites excluding steroid dienone is 2. The van der Waals surface area contributed by atoms with Crippen LogP contribution in [0.25, 0.3) is 0 Å². The molecule has 4 aliphatic carbocycles. The van der Waals surface area contributed by atoms with Crippen LogP contribution in [0.3, 0.4) is 0 Å². The van der Waals surface area contributed by atoms with Crippen LogP contribution in [0.4, 0.5) is 0 Å².